The van der Waals surface area contributed by atoms with Gasteiger partial charge in [-0.1, -0.05) is 255 Å². The van der Waals surface area contributed by atoms with Crippen molar-refractivity contribution in [3.05, 3.63) is 60.8 Å². The molecule has 0 aromatic rings. The Morgan fingerprint density at radius 2 is 0.839 bits per heavy atom. The first-order chi connectivity index (χ1) is 30.5. The van der Waals surface area contributed by atoms with Gasteiger partial charge in [0, 0.05) is 12.8 Å². The molecule has 0 aromatic carbocycles. The lowest BCUT2D eigenvalue weighted by atomic mass is 10.0. The van der Waals surface area contributed by atoms with Crippen LogP contribution in [0, 0.1) is 0 Å². The lowest BCUT2D eigenvalue weighted by Crippen LogP contribution is -2.46. The topological polar surface area (TPSA) is 95.9 Å². The van der Waals surface area contributed by atoms with Gasteiger partial charge in [0.05, 0.1) is 25.2 Å². The highest BCUT2D eigenvalue weighted by Crippen LogP contribution is 2.17. The summed E-state index contributed by atoms with van der Waals surface area (Å²) >= 11 is 0. The lowest BCUT2D eigenvalue weighted by molar-refractivity contribution is -0.150. The highest BCUT2D eigenvalue weighted by Gasteiger charge is 2.23. The SMILES string of the molecule is CC/C=C\C/C=C\C/C=C\C/C=C\C/C=C\CC(CC(=O)NC(CO)C(O)CCCCCCCCCCCCCCC)OC(=O)CCCCCCCCCCCCCCCCC. The van der Waals surface area contributed by atoms with Crippen LogP contribution in [0.2, 0.25) is 0 Å². The van der Waals surface area contributed by atoms with Crippen molar-refractivity contribution in [2.75, 3.05) is 6.61 Å². The van der Waals surface area contributed by atoms with Gasteiger partial charge in [-0.05, 0) is 44.9 Å². The molecule has 3 N–H and O–H groups in total. The van der Waals surface area contributed by atoms with Crippen molar-refractivity contribution in [3.63, 3.8) is 0 Å². The predicted octanol–water partition coefficient (Wildman–Crippen LogP) is 16.0. The van der Waals surface area contributed by atoms with Gasteiger partial charge in [0.25, 0.3) is 0 Å². The van der Waals surface area contributed by atoms with Gasteiger partial charge in [-0.15, -0.1) is 0 Å². The molecule has 0 spiro atoms. The largest absolute Gasteiger partial charge is 0.461 e. The zero-order chi connectivity index (χ0) is 45.2. The second-order valence-electron chi connectivity index (χ2n) is 17.9. The quantitative estimate of drug-likeness (QED) is 0.0322. The van der Waals surface area contributed by atoms with Gasteiger partial charge in [0.2, 0.25) is 5.91 Å². The number of unbranched alkanes of at least 4 members (excludes halogenated alkanes) is 26. The Balaban J connectivity index is 4.69. The highest BCUT2D eigenvalue weighted by molar-refractivity contribution is 5.77. The third kappa shape index (κ3) is 44.2. The summed E-state index contributed by atoms with van der Waals surface area (Å²) in [5.41, 5.74) is 0. The van der Waals surface area contributed by atoms with Gasteiger partial charge in [-0.2, -0.15) is 0 Å². The molecule has 0 saturated heterocycles. The van der Waals surface area contributed by atoms with Crippen LogP contribution in [-0.4, -0.2) is 46.9 Å². The number of nitrogens with one attached hydrogen (secondary N) is 1. The van der Waals surface area contributed by atoms with E-state index in [1.807, 2.05) is 6.08 Å². The van der Waals surface area contributed by atoms with Crippen molar-refractivity contribution < 1.29 is 24.5 Å². The fourth-order valence-electron chi connectivity index (χ4n) is 7.87. The van der Waals surface area contributed by atoms with E-state index in [2.05, 4.69) is 80.8 Å². The molecule has 0 fully saturated rings. The van der Waals surface area contributed by atoms with E-state index in [4.69, 9.17) is 4.74 Å². The molecule has 360 valence electrons. The number of hydrogen-bond donors (Lipinski definition) is 3. The van der Waals surface area contributed by atoms with Crippen LogP contribution < -0.4 is 5.32 Å². The van der Waals surface area contributed by atoms with E-state index in [-0.39, 0.29) is 24.9 Å². The van der Waals surface area contributed by atoms with Crippen LogP contribution in [0.1, 0.15) is 258 Å². The molecule has 6 nitrogen and oxygen atoms in total. The Bertz CT molecular complexity index is 1110. The Labute approximate surface area is 384 Å². The van der Waals surface area contributed by atoms with Crippen molar-refractivity contribution in [2.24, 2.45) is 0 Å². The maximum atomic E-state index is 13.2. The number of amides is 1. The summed E-state index contributed by atoms with van der Waals surface area (Å²) in [6, 6.07) is -0.731. The summed E-state index contributed by atoms with van der Waals surface area (Å²) in [6.45, 7) is 6.35. The maximum Gasteiger partial charge on any atom is 0.306 e. The molecule has 0 heterocycles. The van der Waals surface area contributed by atoms with Crippen molar-refractivity contribution in [1.82, 2.24) is 5.32 Å². The summed E-state index contributed by atoms with van der Waals surface area (Å²) in [4.78, 5) is 26.1. The molecule has 0 bridgehead atoms. The van der Waals surface area contributed by atoms with Crippen LogP contribution in [0.5, 0.6) is 0 Å². The number of hydrogen-bond acceptors (Lipinski definition) is 5. The summed E-state index contributed by atoms with van der Waals surface area (Å²) < 4.78 is 5.88. The predicted molar refractivity (Wildman–Crippen MR) is 268 cm³/mol. The third-order valence-corrected chi connectivity index (χ3v) is 11.9. The Hall–Kier alpha value is -2.44. The second kappa shape index (κ2) is 49.6. The number of ether oxygens (including phenoxy) is 1. The van der Waals surface area contributed by atoms with Gasteiger partial charge in [-0.25, -0.2) is 0 Å². The molecule has 3 atom stereocenters. The monoisotopic (exact) mass is 868 g/mol. The van der Waals surface area contributed by atoms with Gasteiger partial charge in [0.1, 0.15) is 6.10 Å². The van der Waals surface area contributed by atoms with Gasteiger partial charge in [0.15, 0.2) is 0 Å². The number of carbonyl (C=O) groups excluding carboxylic acids is 2. The molecule has 0 saturated carbocycles. The molecular formula is C56H101NO5. The number of rotatable bonds is 47. The minimum Gasteiger partial charge on any atom is -0.461 e. The molecule has 0 radical (unpaired) electrons. The average Bonchev–Trinajstić information content (AvgIpc) is 3.26. The molecule has 0 rings (SSSR count). The molecular weight excluding hydrogens is 767 g/mol. The van der Waals surface area contributed by atoms with Crippen LogP contribution in [0.25, 0.3) is 0 Å². The van der Waals surface area contributed by atoms with E-state index in [0.29, 0.717) is 19.3 Å². The summed E-state index contributed by atoms with van der Waals surface area (Å²) in [6.07, 6.45) is 61.5. The normalized spacial score (nSPS) is 13.7. The zero-order valence-electron chi connectivity index (χ0n) is 41.0. The molecule has 0 aromatic heterocycles. The summed E-state index contributed by atoms with van der Waals surface area (Å²) in [5, 5.41) is 23.7. The fraction of sp³-hybridized carbons (Fsp3) is 0.786. The summed E-state index contributed by atoms with van der Waals surface area (Å²) in [7, 11) is 0. The fourth-order valence-corrected chi connectivity index (χ4v) is 7.87. The van der Waals surface area contributed by atoms with Crippen LogP contribution >= 0.6 is 0 Å². The summed E-state index contributed by atoms with van der Waals surface area (Å²) in [5.74, 6) is -0.573. The van der Waals surface area contributed by atoms with Crippen LogP contribution in [0.15, 0.2) is 60.8 Å². The van der Waals surface area contributed by atoms with Crippen molar-refractivity contribution >= 4 is 11.9 Å². The molecule has 0 aliphatic rings. The lowest BCUT2D eigenvalue weighted by Gasteiger charge is -2.24. The third-order valence-electron chi connectivity index (χ3n) is 11.9. The van der Waals surface area contributed by atoms with E-state index >= 15 is 0 Å². The Kier molecular flexibility index (Phi) is 47.6. The van der Waals surface area contributed by atoms with E-state index in [0.717, 1.165) is 70.6 Å². The van der Waals surface area contributed by atoms with E-state index in [1.54, 1.807) is 0 Å². The molecule has 3 unspecified atom stereocenters. The number of carbonyl (C=O) groups is 2. The minimum atomic E-state index is -0.811. The van der Waals surface area contributed by atoms with Crippen molar-refractivity contribution in [1.29, 1.82) is 0 Å². The molecule has 6 heteroatoms. The van der Waals surface area contributed by atoms with E-state index in [9.17, 15) is 19.8 Å². The Morgan fingerprint density at radius 3 is 1.23 bits per heavy atom. The van der Waals surface area contributed by atoms with Gasteiger partial charge >= 0.3 is 5.97 Å². The number of aliphatic hydroxyl groups excluding tert-OH is 2. The Morgan fingerprint density at radius 1 is 0.484 bits per heavy atom. The average molecular weight is 868 g/mol. The number of esters is 1. The van der Waals surface area contributed by atoms with Crippen LogP contribution in [0.3, 0.4) is 0 Å². The molecule has 1 amide bonds. The number of aliphatic hydroxyl groups is 2. The smallest absolute Gasteiger partial charge is 0.306 e. The van der Waals surface area contributed by atoms with Crippen LogP contribution in [0.4, 0.5) is 0 Å². The first-order valence-corrected chi connectivity index (χ1v) is 26.5. The first kappa shape index (κ1) is 59.6. The van der Waals surface area contributed by atoms with Gasteiger partial charge in [-0.3, -0.25) is 9.59 Å². The minimum absolute atomic E-state index is 0.000862. The standard InChI is InChI=1S/C56H101NO5/c1-4-7-10-13-16-19-22-25-27-30-32-35-38-41-44-47-52(62-56(61)49-46-43-40-37-34-31-28-26-23-20-17-14-11-8-5-2)50-55(60)57-53(51-58)54(59)48-45-42-39-36-33-29-24-21-18-15-12-9-6-3/h7,10,16,19,25,27,32,35,41,44,52-54,58-59H,4-6,8-9,11-15,17-18,20-24,26,28-31,33-34,36-40,42-43,45-51H2,1-3H3,(H,57,60)/b10-7-,19-16-,27-25-,35-32-,44-41-. The molecule has 0 aliphatic carbocycles. The molecule has 0 aliphatic heterocycles. The highest BCUT2D eigenvalue weighted by atomic mass is 16.5. The van der Waals surface area contributed by atoms with Gasteiger partial charge < -0.3 is 20.3 Å². The van der Waals surface area contributed by atoms with E-state index in [1.165, 1.54) is 141 Å². The van der Waals surface area contributed by atoms with Crippen molar-refractivity contribution in [3.8, 4) is 0 Å². The van der Waals surface area contributed by atoms with Crippen molar-refractivity contribution in [2.45, 2.75) is 277 Å². The van der Waals surface area contributed by atoms with E-state index < -0.39 is 18.2 Å². The molecule has 62 heavy (non-hydrogen) atoms. The second-order valence-corrected chi connectivity index (χ2v) is 17.9. The first-order valence-electron chi connectivity index (χ1n) is 26.5. The number of allylic oxidation sites excluding steroid dienone is 9. The maximum absolute atomic E-state index is 13.2. The van der Waals surface area contributed by atoms with Crippen LogP contribution in [-0.2, 0) is 14.3 Å². The zero-order valence-corrected chi connectivity index (χ0v) is 41.0.